The van der Waals surface area contributed by atoms with E-state index < -0.39 is 23.4 Å². The van der Waals surface area contributed by atoms with Gasteiger partial charge in [-0.3, -0.25) is 9.63 Å². The van der Waals surface area contributed by atoms with Crippen LogP contribution in [0.1, 0.15) is 15.9 Å². The maximum absolute atomic E-state index is 13.0. The van der Waals surface area contributed by atoms with Crippen LogP contribution in [-0.2, 0) is 11.4 Å². The van der Waals surface area contributed by atoms with E-state index in [1.165, 1.54) is 0 Å². The van der Waals surface area contributed by atoms with Crippen molar-refractivity contribution in [1.29, 1.82) is 0 Å². The first-order valence-corrected chi connectivity index (χ1v) is 5.68. The van der Waals surface area contributed by atoms with Gasteiger partial charge < -0.3 is 0 Å². The van der Waals surface area contributed by atoms with Gasteiger partial charge in [0.2, 0.25) is 0 Å². The highest BCUT2D eigenvalue weighted by Crippen LogP contribution is 2.13. The van der Waals surface area contributed by atoms with Crippen LogP contribution in [0, 0.1) is 17.5 Å². The van der Waals surface area contributed by atoms with Gasteiger partial charge in [0.25, 0.3) is 5.91 Å². The third-order valence-electron chi connectivity index (χ3n) is 2.49. The van der Waals surface area contributed by atoms with Crippen molar-refractivity contribution in [3.63, 3.8) is 0 Å². The van der Waals surface area contributed by atoms with E-state index >= 15 is 0 Å². The lowest BCUT2D eigenvalue weighted by Gasteiger charge is -2.06. The molecule has 3 nitrogen and oxygen atoms in total. The minimum atomic E-state index is -1.62. The molecule has 1 amide bonds. The summed E-state index contributed by atoms with van der Waals surface area (Å²) in [5.41, 5.74) is 2.47. The van der Waals surface area contributed by atoms with Crippen LogP contribution in [0.25, 0.3) is 0 Å². The van der Waals surface area contributed by atoms with Crippen molar-refractivity contribution in [2.75, 3.05) is 0 Å². The second-order valence-electron chi connectivity index (χ2n) is 3.96. The summed E-state index contributed by atoms with van der Waals surface area (Å²) < 4.78 is 38.6. The molecule has 6 heteroatoms. The average Bonchev–Trinajstić information content (AvgIpc) is 2.45. The first-order valence-electron chi connectivity index (χ1n) is 5.68. The molecule has 0 aliphatic heterocycles. The number of amides is 1. The Morgan fingerprint density at radius 2 is 1.65 bits per heavy atom. The van der Waals surface area contributed by atoms with E-state index in [-0.39, 0.29) is 12.2 Å². The molecule has 1 N–H and O–H groups in total. The monoisotopic (exact) mass is 281 g/mol. The number of nitrogens with one attached hydrogen (secondary N) is 1. The van der Waals surface area contributed by atoms with Crippen LogP contribution in [0.4, 0.5) is 13.2 Å². The summed E-state index contributed by atoms with van der Waals surface area (Å²) in [5, 5.41) is 0. The van der Waals surface area contributed by atoms with Crippen molar-refractivity contribution in [2.45, 2.75) is 6.61 Å². The second kappa shape index (κ2) is 6.21. The van der Waals surface area contributed by atoms with Gasteiger partial charge in [-0.15, -0.1) is 0 Å². The number of carbonyl (C=O) groups excluding carboxylic acids is 1. The minimum Gasteiger partial charge on any atom is -0.269 e. The lowest BCUT2D eigenvalue weighted by atomic mass is 10.2. The van der Waals surface area contributed by atoms with E-state index in [2.05, 4.69) is 0 Å². The van der Waals surface area contributed by atoms with Crippen molar-refractivity contribution in [3.8, 4) is 0 Å². The maximum atomic E-state index is 13.0. The predicted octanol–water partition coefficient (Wildman–Crippen LogP) is 2.97. The van der Waals surface area contributed by atoms with Gasteiger partial charge in [-0.1, -0.05) is 30.3 Å². The Kier molecular flexibility index (Phi) is 4.37. The van der Waals surface area contributed by atoms with Crippen LogP contribution >= 0.6 is 0 Å². The van der Waals surface area contributed by atoms with E-state index in [4.69, 9.17) is 4.84 Å². The van der Waals surface area contributed by atoms with Crippen molar-refractivity contribution in [3.05, 3.63) is 71.0 Å². The number of hydrogen-bond acceptors (Lipinski definition) is 2. The number of halogens is 3. The highest BCUT2D eigenvalue weighted by molar-refractivity contribution is 5.93. The molecule has 2 rings (SSSR count). The fraction of sp³-hybridized carbons (Fsp3) is 0.0714. The summed E-state index contributed by atoms with van der Waals surface area (Å²) in [6.45, 7) is 0.0960. The van der Waals surface area contributed by atoms with Crippen LogP contribution in [-0.4, -0.2) is 5.91 Å². The van der Waals surface area contributed by atoms with Gasteiger partial charge in [0.15, 0.2) is 17.5 Å². The van der Waals surface area contributed by atoms with E-state index in [0.717, 1.165) is 5.56 Å². The second-order valence-corrected chi connectivity index (χ2v) is 3.96. The van der Waals surface area contributed by atoms with E-state index in [9.17, 15) is 18.0 Å². The smallest absolute Gasteiger partial charge is 0.269 e. The summed E-state index contributed by atoms with van der Waals surface area (Å²) in [5.74, 6) is -5.35. The van der Waals surface area contributed by atoms with Crippen LogP contribution in [0.2, 0.25) is 0 Å². The van der Waals surface area contributed by atoms with Gasteiger partial charge in [0.05, 0.1) is 6.61 Å². The van der Waals surface area contributed by atoms with Gasteiger partial charge >= 0.3 is 0 Å². The van der Waals surface area contributed by atoms with Gasteiger partial charge in [-0.2, -0.15) is 0 Å². The van der Waals surface area contributed by atoms with Crippen LogP contribution in [0.5, 0.6) is 0 Å². The number of rotatable bonds is 4. The highest BCUT2D eigenvalue weighted by Gasteiger charge is 2.15. The fourth-order valence-electron chi connectivity index (χ4n) is 1.50. The third kappa shape index (κ3) is 3.36. The molecule has 0 saturated carbocycles. The molecule has 0 aliphatic rings. The molecule has 0 spiro atoms. The molecule has 2 aromatic rings. The molecule has 0 unspecified atom stereocenters. The predicted molar refractivity (Wildman–Crippen MR) is 65.0 cm³/mol. The number of carbonyl (C=O) groups is 1. The first kappa shape index (κ1) is 14.1. The Bertz CT molecular complexity index is 594. The van der Waals surface area contributed by atoms with Gasteiger partial charge in [-0.25, -0.2) is 18.7 Å². The largest absolute Gasteiger partial charge is 0.275 e. The zero-order valence-corrected chi connectivity index (χ0v) is 10.2. The van der Waals surface area contributed by atoms with Crippen LogP contribution in [0.15, 0.2) is 42.5 Å². The third-order valence-corrected chi connectivity index (χ3v) is 2.49. The van der Waals surface area contributed by atoms with Gasteiger partial charge in [0, 0.05) is 5.56 Å². The molecular formula is C14H10F3NO2. The maximum Gasteiger partial charge on any atom is 0.275 e. The SMILES string of the molecule is O=C(NOCc1ccccc1)c1cc(F)c(F)c(F)c1. The Morgan fingerprint density at radius 3 is 2.25 bits per heavy atom. The molecule has 2 aromatic carbocycles. The molecule has 20 heavy (non-hydrogen) atoms. The molecular weight excluding hydrogens is 271 g/mol. The van der Waals surface area contributed by atoms with Crippen molar-refractivity contribution in [2.24, 2.45) is 0 Å². The number of benzene rings is 2. The topological polar surface area (TPSA) is 38.3 Å². The summed E-state index contributed by atoms with van der Waals surface area (Å²) in [6, 6.07) is 10.2. The highest BCUT2D eigenvalue weighted by atomic mass is 19.2. The lowest BCUT2D eigenvalue weighted by molar-refractivity contribution is 0.0233. The lowest BCUT2D eigenvalue weighted by Crippen LogP contribution is -2.24. The fourth-order valence-corrected chi connectivity index (χ4v) is 1.50. The first-order chi connectivity index (χ1) is 9.58. The zero-order chi connectivity index (χ0) is 14.5. The Hall–Kier alpha value is -2.34. The van der Waals surface area contributed by atoms with Crippen molar-refractivity contribution < 1.29 is 22.8 Å². The summed E-state index contributed by atoms with van der Waals surface area (Å²) in [4.78, 5) is 16.5. The number of hydrogen-bond donors (Lipinski definition) is 1. The Labute approximate surface area is 112 Å². The number of hydroxylamine groups is 1. The molecule has 0 aromatic heterocycles. The molecule has 0 saturated heterocycles. The summed E-state index contributed by atoms with van der Waals surface area (Å²) in [7, 11) is 0. The molecule has 0 fully saturated rings. The molecule has 0 bridgehead atoms. The molecule has 0 radical (unpaired) electrons. The summed E-state index contributed by atoms with van der Waals surface area (Å²) in [6.07, 6.45) is 0. The van der Waals surface area contributed by atoms with E-state index in [0.29, 0.717) is 12.1 Å². The Balaban J connectivity index is 1.95. The van der Waals surface area contributed by atoms with Gasteiger partial charge in [0.1, 0.15) is 0 Å². The van der Waals surface area contributed by atoms with Crippen molar-refractivity contribution >= 4 is 5.91 Å². The minimum absolute atomic E-state index is 0.0960. The van der Waals surface area contributed by atoms with E-state index in [1.54, 1.807) is 24.3 Å². The Morgan fingerprint density at radius 1 is 1.05 bits per heavy atom. The molecule has 0 heterocycles. The van der Waals surface area contributed by atoms with Gasteiger partial charge in [-0.05, 0) is 17.7 Å². The molecule has 104 valence electrons. The zero-order valence-electron chi connectivity index (χ0n) is 10.2. The van der Waals surface area contributed by atoms with E-state index in [1.807, 2.05) is 11.5 Å². The standard InChI is InChI=1S/C14H10F3NO2/c15-11-6-10(7-12(16)13(11)17)14(19)18-20-8-9-4-2-1-3-5-9/h1-7H,8H2,(H,18,19). The van der Waals surface area contributed by atoms with Crippen LogP contribution < -0.4 is 5.48 Å². The van der Waals surface area contributed by atoms with Crippen molar-refractivity contribution in [1.82, 2.24) is 5.48 Å². The summed E-state index contributed by atoms with van der Waals surface area (Å²) >= 11 is 0. The molecule has 0 aliphatic carbocycles. The normalized spacial score (nSPS) is 10.3. The quantitative estimate of drug-likeness (QED) is 0.691. The van der Waals surface area contributed by atoms with Crippen LogP contribution in [0.3, 0.4) is 0 Å². The molecule has 0 atom stereocenters. The average molecular weight is 281 g/mol.